The summed E-state index contributed by atoms with van der Waals surface area (Å²) in [4.78, 5) is 2.38. The van der Waals surface area contributed by atoms with E-state index in [-0.39, 0.29) is 0 Å². The number of thioether (sulfide) groups is 2. The molecule has 57 heavy (non-hydrogen) atoms. The Bertz CT molecular complexity index is 2810. The normalized spacial score (nSPS) is 11.8. The number of benzene rings is 6. The lowest BCUT2D eigenvalue weighted by Gasteiger charge is -2.16. The van der Waals surface area contributed by atoms with Crippen LogP contribution in [-0.2, 0) is 0 Å². The third kappa shape index (κ3) is 6.23. The molecule has 0 radical (unpaired) electrons. The number of aromatic nitrogens is 2. The molecule has 0 saturated heterocycles. The summed E-state index contributed by atoms with van der Waals surface area (Å²) in [6.07, 6.45) is 1.01. The van der Waals surface area contributed by atoms with Gasteiger partial charge in [0.25, 0.3) is 0 Å². The van der Waals surface area contributed by atoms with Gasteiger partial charge in [0.05, 0.1) is 33.4 Å². The van der Waals surface area contributed by atoms with Crippen LogP contribution in [-0.4, -0.2) is 30.9 Å². The van der Waals surface area contributed by atoms with Crippen LogP contribution in [0.5, 0.6) is 11.5 Å². The minimum Gasteiger partial charge on any atom is -0.505 e. The van der Waals surface area contributed by atoms with Crippen molar-refractivity contribution < 1.29 is 10.2 Å². The molecule has 10 aromatic rings. The molecular weight excluding hydrogens is 777 g/mol. The van der Waals surface area contributed by atoms with Gasteiger partial charge in [-0.3, -0.25) is 0 Å². The maximum absolute atomic E-state index is 12.0. The lowest BCUT2D eigenvalue weighted by molar-refractivity contribution is 0.474. The molecule has 0 amide bonds. The molecule has 280 valence electrons. The minimum atomic E-state index is 0.300. The Morgan fingerprint density at radius 2 is 0.807 bits per heavy atom. The van der Waals surface area contributed by atoms with E-state index in [0.29, 0.717) is 11.5 Å². The van der Waals surface area contributed by atoms with Crippen LogP contribution in [0.4, 0.5) is 0 Å². The SMILES string of the molecule is Cc1cc(-c2cscc2SCCCSc2cscc2-c2cc(C)cc(-n3c4ccccc4c4ccccc43)c2O)c(O)c(-n2c3ccccc3c3ccccc32)c1. The highest BCUT2D eigenvalue weighted by Gasteiger charge is 2.22. The summed E-state index contributed by atoms with van der Waals surface area (Å²) in [6.45, 7) is 4.22. The molecule has 6 aromatic carbocycles. The number of nitrogens with zero attached hydrogens (tertiary/aromatic N) is 2. The summed E-state index contributed by atoms with van der Waals surface area (Å²) in [5.41, 5.74) is 12.0. The molecule has 0 saturated carbocycles. The first-order valence-electron chi connectivity index (χ1n) is 19.0. The average molecular weight is 815 g/mol. The van der Waals surface area contributed by atoms with Crippen molar-refractivity contribution in [1.29, 1.82) is 0 Å². The number of hydrogen-bond donors (Lipinski definition) is 2. The molecule has 4 nitrogen and oxygen atoms in total. The number of thiophene rings is 2. The van der Waals surface area contributed by atoms with Crippen LogP contribution in [0.25, 0.3) is 77.2 Å². The second kappa shape index (κ2) is 14.8. The fraction of sp³-hybridized carbons (Fsp3) is 0.102. The van der Waals surface area contributed by atoms with Gasteiger partial charge in [0, 0.05) is 64.3 Å². The van der Waals surface area contributed by atoms with Crippen molar-refractivity contribution in [3.05, 3.63) is 154 Å². The number of aromatic hydroxyl groups is 2. The number of hydrogen-bond acceptors (Lipinski definition) is 6. The largest absolute Gasteiger partial charge is 0.505 e. The molecule has 0 spiro atoms. The van der Waals surface area contributed by atoms with Crippen molar-refractivity contribution in [2.24, 2.45) is 0 Å². The molecule has 0 bridgehead atoms. The first-order chi connectivity index (χ1) is 28.0. The van der Waals surface area contributed by atoms with E-state index in [2.05, 4.69) is 166 Å². The lowest BCUT2D eigenvalue weighted by Crippen LogP contribution is -1.97. The minimum absolute atomic E-state index is 0.300. The number of fused-ring (bicyclic) bond motifs is 6. The summed E-state index contributed by atoms with van der Waals surface area (Å²) in [6, 6.07) is 42.1. The summed E-state index contributed by atoms with van der Waals surface area (Å²) in [5.74, 6) is 2.51. The Morgan fingerprint density at radius 3 is 1.18 bits per heavy atom. The highest BCUT2D eigenvalue weighted by Crippen LogP contribution is 2.46. The van der Waals surface area contributed by atoms with E-state index in [9.17, 15) is 10.2 Å². The maximum Gasteiger partial charge on any atom is 0.147 e. The van der Waals surface area contributed by atoms with Crippen molar-refractivity contribution in [2.75, 3.05) is 11.5 Å². The van der Waals surface area contributed by atoms with Crippen LogP contribution < -0.4 is 0 Å². The highest BCUT2D eigenvalue weighted by atomic mass is 32.2. The van der Waals surface area contributed by atoms with Gasteiger partial charge in [0.1, 0.15) is 11.5 Å². The molecule has 2 N–H and O–H groups in total. The van der Waals surface area contributed by atoms with E-state index in [4.69, 9.17) is 0 Å². The molecule has 10 rings (SSSR count). The van der Waals surface area contributed by atoms with Gasteiger partial charge in [-0.05, 0) is 102 Å². The number of para-hydroxylation sites is 4. The van der Waals surface area contributed by atoms with Gasteiger partial charge in [0.15, 0.2) is 0 Å². The van der Waals surface area contributed by atoms with E-state index in [1.165, 1.54) is 31.3 Å². The van der Waals surface area contributed by atoms with Gasteiger partial charge in [-0.2, -0.15) is 22.7 Å². The van der Waals surface area contributed by atoms with E-state index in [0.717, 1.165) is 84.7 Å². The van der Waals surface area contributed by atoms with E-state index < -0.39 is 0 Å². The fourth-order valence-electron chi connectivity index (χ4n) is 8.25. The van der Waals surface area contributed by atoms with E-state index in [1.54, 1.807) is 22.7 Å². The molecule has 0 atom stereocenters. The Hall–Kier alpha value is -5.38. The number of aryl methyl sites for hydroxylation is 2. The van der Waals surface area contributed by atoms with Crippen molar-refractivity contribution in [2.45, 2.75) is 30.1 Å². The smallest absolute Gasteiger partial charge is 0.147 e. The van der Waals surface area contributed by atoms with E-state index >= 15 is 0 Å². The monoisotopic (exact) mass is 814 g/mol. The maximum atomic E-state index is 12.0. The van der Waals surface area contributed by atoms with Gasteiger partial charge in [-0.15, -0.1) is 23.5 Å². The zero-order valence-electron chi connectivity index (χ0n) is 31.4. The second-order valence-corrected chi connectivity index (χ2v) is 18.2. The molecule has 0 unspecified atom stereocenters. The number of phenols is 2. The lowest BCUT2D eigenvalue weighted by atomic mass is 10.0. The first kappa shape index (κ1) is 36.0. The summed E-state index contributed by atoms with van der Waals surface area (Å²) < 4.78 is 4.40. The highest BCUT2D eigenvalue weighted by molar-refractivity contribution is 8.00. The van der Waals surface area contributed by atoms with Crippen molar-refractivity contribution >= 4 is 89.8 Å². The number of phenolic OH excluding ortho intramolecular Hbond substituents is 2. The van der Waals surface area contributed by atoms with Crippen LogP contribution in [0.15, 0.2) is 153 Å². The predicted molar refractivity (Wildman–Crippen MR) is 247 cm³/mol. The molecule has 4 aromatic heterocycles. The number of rotatable bonds is 10. The van der Waals surface area contributed by atoms with Crippen LogP contribution in [0, 0.1) is 13.8 Å². The summed E-state index contributed by atoms with van der Waals surface area (Å²) in [5, 5.41) is 37.4. The standard InChI is InChI=1S/C49H38N2O2S4/c1-30-22-36(48(52)44(24-30)50-40-16-7-3-12-32(40)33-13-4-8-17-41(33)50)38-26-54-28-46(38)56-20-11-21-57-47-29-55-27-39(47)37-23-31(2)25-45(49(37)53)51-42-18-9-5-14-34(42)35-15-6-10-19-43(35)51/h3-10,12-19,22-29,52-53H,11,20-21H2,1-2H3. The topological polar surface area (TPSA) is 50.3 Å². The quantitative estimate of drug-likeness (QED) is 0.107. The zero-order valence-corrected chi connectivity index (χ0v) is 34.7. The van der Waals surface area contributed by atoms with Crippen LogP contribution in [0.3, 0.4) is 0 Å². The van der Waals surface area contributed by atoms with Gasteiger partial charge < -0.3 is 19.3 Å². The van der Waals surface area contributed by atoms with Gasteiger partial charge in [-0.1, -0.05) is 72.8 Å². The zero-order chi connectivity index (χ0) is 38.6. The predicted octanol–water partition coefficient (Wildman–Crippen LogP) is 14.6. The Balaban J connectivity index is 0.881. The Kier molecular flexibility index (Phi) is 9.38. The Morgan fingerprint density at radius 1 is 0.456 bits per heavy atom. The van der Waals surface area contributed by atoms with E-state index in [1.807, 2.05) is 23.5 Å². The average Bonchev–Trinajstić information content (AvgIpc) is 4.03. The molecule has 0 aliphatic carbocycles. The van der Waals surface area contributed by atoms with Gasteiger partial charge in [-0.25, -0.2) is 0 Å². The third-order valence-electron chi connectivity index (χ3n) is 10.7. The molecule has 0 aliphatic rings. The van der Waals surface area contributed by atoms with Crippen molar-refractivity contribution in [1.82, 2.24) is 9.13 Å². The second-order valence-electron chi connectivity index (χ2n) is 14.4. The van der Waals surface area contributed by atoms with Crippen molar-refractivity contribution in [3.63, 3.8) is 0 Å². The van der Waals surface area contributed by atoms with Gasteiger partial charge in [0.2, 0.25) is 0 Å². The molecule has 0 fully saturated rings. The third-order valence-corrected chi connectivity index (χ3v) is 14.8. The molecule has 8 heteroatoms. The molecule has 4 heterocycles. The molecule has 0 aliphatic heterocycles. The van der Waals surface area contributed by atoms with Crippen LogP contribution >= 0.6 is 46.2 Å². The summed E-state index contributed by atoms with van der Waals surface area (Å²) >= 11 is 7.07. The summed E-state index contributed by atoms with van der Waals surface area (Å²) in [7, 11) is 0. The van der Waals surface area contributed by atoms with Crippen LogP contribution in [0.2, 0.25) is 0 Å². The van der Waals surface area contributed by atoms with Gasteiger partial charge >= 0.3 is 0 Å². The van der Waals surface area contributed by atoms with Crippen molar-refractivity contribution in [3.8, 4) is 45.1 Å². The fourth-order valence-corrected chi connectivity index (χ4v) is 12.5. The first-order valence-corrected chi connectivity index (χ1v) is 22.8. The van der Waals surface area contributed by atoms with Crippen LogP contribution in [0.1, 0.15) is 17.5 Å². The molecular formula is C49H38N2O2S4. The Labute approximate surface area is 347 Å².